The van der Waals surface area contributed by atoms with Crippen molar-refractivity contribution in [2.75, 3.05) is 46.0 Å². The van der Waals surface area contributed by atoms with Crippen molar-refractivity contribution in [3.05, 3.63) is 103 Å². The van der Waals surface area contributed by atoms with Crippen molar-refractivity contribution in [3.63, 3.8) is 0 Å². The molecule has 2 aliphatic heterocycles. The molecule has 2 heterocycles. The van der Waals surface area contributed by atoms with Gasteiger partial charge in [0.1, 0.15) is 0 Å². The molecule has 0 radical (unpaired) electrons. The Morgan fingerprint density at radius 2 is 0.921 bits per heavy atom. The van der Waals surface area contributed by atoms with Gasteiger partial charge in [0.15, 0.2) is 0 Å². The fraction of sp³-hybridized carbons (Fsp3) is 0.273. The second kappa shape index (κ2) is 10.2. The second-order valence-corrected chi connectivity index (χ2v) is 16.6. The molecule has 0 amide bonds. The molecule has 38 heavy (non-hydrogen) atoms. The van der Waals surface area contributed by atoms with Crippen LogP contribution in [-0.4, -0.2) is 34.5 Å². The van der Waals surface area contributed by atoms with Crippen molar-refractivity contribution in [2.24, 2.45) is 0 Å². The molecule has 0 unspecified atom stereocenters. The van der Waals surface area contributed by atoms with Crippen LogP contribution in [0.4, 0.5) is 34.1 Å². The van der Waals surface area contributed by atoms with E-state index in [0.29, 0.717) is 0 Å². The van der Waals surface area contributed by atoms with E-state index in [2.05, 4.69) is 142 Å². The van der Waals surface area contributed by atoms with Crippen molar-refractivity contribution < 1.29 is 0 Å². The third-order valence-corrected chi connectivity index (χ3v) is 9.94. The molecule has 6 rings (SSSR count). The zero-order valence-electron chi connectivity index (χ0n) is 22.8. The zero-order valence-corrected chi connectivity index (χ0v) is 23.8. The summed E-state index contributed by atoms with van der Waals surface area (Å²) in [6, 6.07) is 37.8. The average molecular weight is 519 g/mol. The second-order valence-electron chi connectivity index (χ2n) is 11.5. The van der Waals surface area contributed by atoms with Crippen molar-refractivity contribution in [3.8, 4) is 0 Å². The molecular formula is C33H38N4Si. The Balaban J connectivity index is 1.10. The molecule has 0 aliphatic carbocycles. The van der Waals surface area contributed by atoms with Crippen LogP contribution < -0.4 is 24.8 Å². The predicted octanol–water partition coefficient (Wildman–Crippen LogP) is 7.54. The first-order valence-corrected chi connectivity index (χ1v) is 17.4. The lowest BCUT2D eigenvalue weighted by molar-refractivity contribution is 0.678. The van der Waals surface area contributed by atoms with E-state index in [1.807, 2.05) is 0 Å². The first-order chi connectivity index (χ1) is 18.5. The summed E-state index contributed by atoms with van der Waals surface area (Å²) >= 11 is 0. The molecular weight excluding hydrogens is 480 g/mol. The maximum atomic E-state index is 2.55. The number of nitrogens with zero attached hydrogens (tertiary/aromatic N) is 4. The summed E-state index contributed by atoms with van der Waals surface area (Å²) in [4.78, 5) is 9.98. The summed E-state index contributed by atoms with van der Waals surface area (Å²) in [6.45, 7) is 11.2. The van der Waals surface area contributed by atoms with Gasteiger partial charge in [-0.05, 0) is 61.4 Å². The molecule has 4 aromatic rings. The van der Waals surface area contributed by atoms with Crippen molar-refractivity contribution in [2.45, 2.75) is 32.5 Å². The van der Waals surface area contributed by atoms with Gasteiger partial charge in [0.2, 0.25) is 0 Å². The maximum absolute atomic E-state index is 2.55. The van der Waals surface area contributed by atoms with Gasteiger partial charge in [-0.25, -0.2) is 0 Å². The minimum absolute atomic E-state index is 0.914. The van der Waals surface area contributed by atoms with Gasteiger partial charge >= 0.3 is 0 Å². The third kappa shape index (κ3) is 4.79. The topological polar surface area (TPSA) is 13.0 Å². The van der Waals surface area contributed by atoms with Crippen LogP contribution in [0, 0.1) is 0 Å². The summed E-state index contributed by atoms with van der Waals surface area (Å²) in [6.07, 6.45) is 2.33. The Morgan fingerprint density at radius 1 is 0.500 bits per heavy atom. The monoisotopic (exact) mass is 518 g/mol. The minimum atomic E-state index is -1.30. The molecule has 0 fully saturated rings. The highest BCUT2D eigenvalue weighted by Gasteiger charge is 2.28. The van der Waals surface area contributed by atoms with Gasteiger partial charge in [0.05, 0.1) is 44.2 Å². The van der Waals surface area contributed by atoms with E-state index in [-0.39, 0.29) is 0 Å². The van der Waals surface area contributed by atoms with E-state index in [1.165, 1.54) is 52.2 Å². The number of rotatable bonds is 8. The molecule has 0 atom stereocenters. The van der Waals surface area contributed by atoms with Crippen LogP contribution in [-0.2, 0) is 0 Å². The van der Waals surface area contributed by atoms with Crippen LogP contribution in [0.3, 0.4) is 0 Å². The number of fused-ring (bicyclic) bond motifs is 2. The average Bonchev–Trinajstić information content (AvgIpc) is 3.50. The van der Waals surface area contributed by atoms with Crippen LogP contribution in [0.2, 0.25) is 19.6 Å². The summed E-state index contributed by atoms with van der Waals surface area (Å²) in [5.41, 5.74) is 7.87. The molecule has 194 valence electrons. The number of hydrogen-bond acceptors (Lipinski definition) is 4. The molecule has 4 nitrogen and oxygen atoms in total. The lowest BCUT2D eigenvalue weighted by atomic mass is 10.2. The zero-order chi connectivity index (χ0) is 26.1. The first kappa shape index (κ1) is 24.6. The van der Waals surface area contributed by atoms with Crippen molar-refractivity contribution in [1.82, 2.24) is 0 Å². The Morgan fingerprint density at radius 3 is 1.39 bits per heavy atom. The van der Waals surface area contributed by atoms with Crippen molar-refractivity contribution >= 4 is 47.4 Å². The molecule has 0 bridgehead atoms. The smallest absolute Gasteiger partial charge is 0.0953 e. The molecule has 4 aromatic carbocycles. The third-order valence-electron chi connectivity index (χ3n) is 7.87. The van der Waals surface area contributed by atoms with E-state index < -0.39 is 8.07 Å². The lowest BCUT2D eigenvalue weighted by Gasteiger charge is -2.24. The van der Waals surface area contributed by atoms with E-state index in [1.54, 1.807) is 0 Å². The highest BCUT2D eigenvalue weighted by molar-refractivity contribution is 6.88. The van der Waals surface area contributed by atoms with Crippen LogP contribution in [0.1, 0.15) is 12.8 Å². The molecule has 0 saturated heterocycles. The molecule has 0 spiro atoms. The largest absolute Gasteiger partial charge is 0.352 e. The Labute approximate surface area is 228 Å². The number of benzene rings is 4. The molecule has 5 heteroatoms. The maximum Gasteiger partial charge on any atom is 0.0953 e. The Hall–Kier alpha value is -3.70. The van der Waals surface area contributed by atoms with Gasteiger partial charge in [-0.15, -0.1) is 0 Å². The molecule has 0 saturated carbocycles. The summed E-state index contributed by atoms with van der Waals surface area (Å²) < 4.78 is 0. The van der Waals surface area contributed by atoms with Crippen LogP contribution in [0.25, 0.3) is 0 Å². The van der Waals surface area contributed by atoms with Crippen LogP contribution in [0.15, 0.2) is 103 Å². The van der Waals surface area contributed by atoms with Crippen LogP contribution in [0.5, 0.6) is 0 Å². The van der Waals surface area contributed by atoms with E-state index >= 15 is 0 Å². The Bertz CT molecular complexity index is 1380. The quantitative estimate of drug-likeness (QED) is 0.176. The SMILES string of the molecule is C[Si](C)(C)c1ccc(N2CN(CCCCN3CN(c4ccccc4)c4ccccc43)c3ccccc32)cc1. The minimum Gasteiger partial charge on any atom is -0.352 e. The normalized spacial score (nSPS) is 14.7. The highest BCUT2D eigenvalue weighted by Crippen LogP contribution is 2.41. The van der Waals surface area contributed by atoms with E-state index in [4.69, 9.17) is 0 Å². The van der Waals surface area contributed by atoms with Gasteiger partial charge in [-0.1, -0.05) is 79.4 Å². The first-order valence-electron chi connectivity index (χ1n) is 13.9. The molecule has 0 aromatic heterocycles. The summed E-state index contributed by atoms with van der Waals surface area (Å²) in [5, 5.41) is 1.51. The lowest BCUT2D eigenvalue weighted by Crippen LogP contribution is -2.37. The number of para-hydroxylation sites is 5. The molecule has 0 N–H and O–H groups in total. The number of anilines is 6. The van der Waals surface area contributed by atoms with E-state index in [0.717, 1.165) is 26.4 Å². The standard InChI is InChI=1S/C33H38N4Si/c1-38(2,3)29-21-19-28(20-22-29)37-26-35(31-16-8-10-18-33(31)37)24-12-11-23-34-25-36(27-13-5-4-6-14-27)32-17-9-7-15-30(32)34/h4-10,13-22H,11-12,23-26H2,1-3H3. The van der Waals surface area contributed by atoms with Crippen LogP contribution >= 0.6 is 0 Å². The molecule has 2 aliphatic rings. The van der Waals surface area contributed by atoms with Gasteiger partial charge in [0.25, 0.3) is 0 Å². The highest BCUT2D eigenvalue weighted by atomic mass is 28.3. The summed E-state index contributed by atoms with van der Waals surface area (Å²) in [7, 11) is -1.30. The predicted molar refractivity (Wildman–Crippen MR) is 167 cm³/mol. The van der Waals surface area contributed by atoms with Gasteiger partial charge in [-0.3, -0.25) is 0 Å². The summed E-state index contributed by atoms with van der Waals surface area (Å²) in [5.74, 6) is 0. The number of unbranched alkanes of at least 4 members (excludes halogenated alkanes) is 1. The van der Waals surface area contributed by atoms with Gasteiger partial charge < -0.3 is 19.6 Å². The fourth-order valence-electron chi connectivity index (χ4n) is 5.74. The number of hydrogen-bond donors (Lipinski definition) is 0. The Kier molecular flexibility index (Phi) is 6.62. The van der Waals surface area contributed by atoms with Gasteiger partial charge in [-0.2, -0.15) is 0 Å². The van der Waals surface area contributed by atoms with E-state index in [9.17, 15) is 0 Å². The fourth-order valence-corrected chi connectivity index (χ4v) is 6.91. The van der Waals surface area contributed by atoms with Gasteiger partial charge in [0, 0.05) is 24.5 Å². The van der Waals surface area contributed by atoms with Crippen molar-refractivity contribution in [1.29, 1.82) is 0 Å².